The number of rotatable bonds is 6. The Labute approximate surface area is 187 Å². The molecule has 3 heterocycles. The van der Waals surface area contributed by atoms with Gasteiger partial charge < -0.3 is 15.6 Å². The minimum atomic E-state index is 0.459. The number of anilines is 1. The second-order valence-electron chi connectivity index (χ2n) is 8.34. The van der Waals surface area contributed by atoms with Crippen LogP contribution in [-0.2, 0) is 0 Å². The Hall–Kier alpha value is -3.64. The van der Waals surface area contributed by atoms with E-state index in [0.717, 1.165) is 76.4 Å². The summed E-state index contributed by atoms with van der Waals surface area (Å²) in [5.74, 6) is 1.71. The third-order valence-electron chi connectivity index (χ3n) is 6.14. The largest absolute Gasteiger partial charge is 0.365 e. The average molecular weight is 425 g/mol. The summed E-state index contributed by atoms with van der Waals surface area (Å²) < 4.78 is 0. The Bertz CT molecular complexity index is 1260. The fourth-order valence-electron chi connectivity index (χ4n) is 4.32. The van der Waals surface area contributed by atoms with Crippen molar-refractivity contribution in [3.8, 4) is 11.3 Å². The van der Waals surface area contributed by atoms with Gasteiger partial charge in [-0.15, -0.1) is 0 Å². The van der Waals surface area contributed by atoms with Crippen LogP contribution in [0.25, 0.3) is 33.8 Å². The summed E-state index contributed by atoms with van der Waals surface area (Å²) in [7, 11) is 0. The maximum absolute atomic E-state index is 4.53. The number of hydrogen-bond donors (Lipinski definition) is 4. The van der Waals surface area contributed by atoms with E-state index < -0.39 is 0 Å². The zero-order valence-electron chi connectivity index (χ0n) is 18.3. The molecule has 4 N–H and O–H groups in total. The zero-order valence-corrected chi connectivity index (χ0v) is 18.3. The van der Waals surface area contributed by atoms with Gasteiger partial charge in [-0.05, 0) is 80.5 Å². The molecule has 2 aromatic heterocycles. The van der Waals surface area contributed by atoms with Gasteiger partial charge in [0.15, 0.2) is 5.82 Å². The number of fused-ring (bicyclic) bond motifs is 1. The van der Waals surface area contributed by atoms with E-state index in [1.807, 2.05) is 18.2 Å². The molecule has 6 nitrogen and oxygen atoms in total. The SMILES string of the molecule is C=Nc1[nH]c(-c2ccccc2)cc1/C=C(\C)c1ccc2[nH]nc(NC3CCNCC3)c2c1. The van der Waals surface area contributed by atoms with Crippen molar-refractivity contribution in [3.63, 3.8) is 0 Å². The summed E-state index contributed by atoms with van der Waals surface area (Å²) in [6.07, 6.45) is 4.39. The second-order valence-corrected chi connectivity index (χ2v) is 8.34. The highest BCUT2D eigenvalue weighted by Gasteiger charge is 2.16. The lowest BCUT2D eigenvalue weighted by Crippen LogP contribution is -2.35. The number of hydrogen-bond acceptors (Lipinski definition) is 4. The van der Waals surface area contributed by atoms with E-state index in [-0.39, 0.29) is 0 Å². The molecule has 1 saturated heterocycles. The van der Waals surface area contributed by atoms with Crippen LogP contribution in [0.15, 0.2) is 59.6 Å². The summed E-state index contributed by atoms with van der Waals surface area (Å²) in [5, 5.41) is 15.9. The van der Waals surface area contributed by atoms with Crippen molar-refractivity contribution in [1.82, 2.24) is 20.5 Å². The molecule has 0 amide bonds. The predicted molar refractivity (Wildman–Crippen MR) is 135 cm³/mol. The molecule has 0 unspecified atom stereocenters. The highest BCUT2D eigenvalue weighted by Crippen LogP contribution is 2.31. The van der Waals surface area contributed by atoms with Crippen LogP contribution in [-0.4, -0.2) is 41.0 Å². The van der Waals surface area contributed by atoms with Gasteiger partial charge >= 0.3 is 0 Å². The number of piperidine rings is 1. The van der Waals surface area contributed by atoms with E-state index in [1.54, 1.807) is 0 Å². The normalized spacial score (nSPS) is 15.2. The topological polar surface area (TPSA) is 80.9 Å². The lowest BCUT2D eigenvalue weighted by Gasteiger charge is -2.23. The predicted octanol–water partition coefficient (Wildman–Crippen LogP) is 5.61. The summed E-state index contributed by atoms with van der Waals surface area (Å²) in [4.78, 5) is 7.58. The van der Waals surface area contributed by atoms with Crippen molar-refractivity contribution in [2.45, 2.75) is 25.8 Å². The van der Waals surface area contributed by atoms with Gasteiger partial charge in [-0.25, -0.2) is 4.99 Å². The highest BCUT2D eigenvalue weighted by atomic mass is 15.2. The Balaban J connectivity index is 1.45. The van der Waals surface area contributed by atoms with E-state index in [4.69, 9.17) is 0 Å². The summed E-state index contributed by atoms with van der Waals surface area (Å²) in [6.45, 7) is 7.97. The van der Waals surface area contributed by atoms with Gasteiger partial charge in [-0.2, -0.15) is 5.10 Å². The average Bonchev–Trinajstić information content (AvgIpc) is 3.44. The fourth-order valence-corrected chi connectivity index (χ4v) is 4.32. The van der Waals surface area contributed by atoms with Gasteiger partial charge in [0.1, 0.15) is 5.82 Å². The number of H-pyrrole nitrogens is 2. The van der Waals surface area contributed by atoms with Gasteiger partial charge in [0.25, 0.3) is 0 Å². The molecule has 32 heavy (non-hydrogen) atoms. The molecule has 1 aliphatic rings. The summed E-state index contributed by atoms with van der Waals surface area (Å²) in [6, 6.07) is 19.3. The van der Waals surface area contributed by atoms with Crippen LogP contribution in [0, 0.1) is 0 Å². The number of nitrogens with zero attached hydrogens (tertiary/aromatic N) is 2. The van der Waals surface area contributed by atoms with Crippen LogP contribution in [0.2, 0.25) is 0 Å². The molecular formula is C26H28N6. The van der Waals surface area contributed by atoms with Crippen molar-refractivity contribution < 1.29 is 0 Å². The molecule has 0 aliphatic carbocycles. The first-order valence-corrected chi connectivity index (χ1v) is 11.1. The molecule has 0 radical (unpaired) electrons. The van der Waals surface area contributed by atoms with E-state index in [1.165, 1.54) is 0 Å². The van der Waals surface area contributed by atoms with Crippen molar-refractivity contribution in [2.75, 3.05) is 18.4 Å². The number of aromatic amines is 2. The molecule has 5 rings (SSSR count). The monoisotopic (exact) mass is 424 g/mol. The molecule has 1 aliphatic heterocycles. The number of allylic oxidation sites excluding steroid dienone is 1. The van der Waals surface area contributed by atoms with Crippen LogP contribution in [0.5, 0.6) is 0 Å². The molecule has 0 atom stereocenters. The number of benzene rings is 2. The second kappa shape index (κ2) is 8.85. The molecule has 1 fully saturated rings. The summed E-state index contributed by atoms with van der Waals surface area (Å²) in [5.41, 5.74) is 6.54. The first-order chi connectivity index (χ1) is 15.7. The number of aliphatic imine (C=N–C) groups is 1. The fraction of sp³-hybridized carbons (Fsp3) is 0.231. The van der Waals surface area contributed by atoms with Crippen molar-refractivity contribution >= 4 is 40.9 Å². The lowest BCUT2D eigenvalue weighted by atomic mass is 10.0. The molecule has 0 bridgehead atoms. The van der Waals surface area contributed by atoms with E-state index in [9.17, 15) is 0 Å². The molecular weight excluding hydrogens is 396 g/mol. The van der Waals surface area contributed by atoms with Crippen LogP contribution in [0.3, 0.4) is 0 Å². The standard InChI is InChI=1S/C26H28N6/c1-17(14-20-16-24(30-25(20)27-2)18-6-4-3-5-7-18)19-8-9-23-22(15-19)26(32-31-23)29-21-10-12-28-13-11-21/h3-9,14-16,21,28,30H,2,10-13H2,1H3,(H2,29,31,32)/b17-14+. The van der Waals surface area contributed by atoms with Gasteiger partial charge in [0.05, 0.1) is 5.52 Å². The third-order valence-corrected chi connectivity index (χ3v) is 6.14. The summed E-state index contributed by atoms with van der Waals surface area (Å²) >= 11 is 0. The first kappa shape index (κ1) is 20.3. The zero-order chi connectivity index (χ0) is 21.9. The van der Waals surface area contributed by atoms with E-state index >= 15 is 0 Å². The minimum Gasteiger partial charge on any atom is -0.365 e. The van der Waals surface area contributed by atoms with Gasteiger partial charge in [0.2, 0.25) is 0 Å². The van der Waals surface area contributed by atoms with Crippen LogP contribution in [0.4, 0.5) is 11.6 Å². The van der Waals surface area contributed by atoms with Crippen molar-refractivity contribution in [3.05, 3.63) is 65.7 Å². The Morgan fingerprint density at radius 3 is 2.72 bits per heavy atom. The number of nitrogens with one attached hydrogen (secondary N) is 4. The van der Waals surface area contributed by atoms with Gasteiger partial charge in [0, 0.05) is 22.7 Å². The number of aromatic nitrogens is 3. The molecule has 162 valence electrons. The molecule has 6 heteroatoms. The molecule has 0 spiro atoms. The van der Waals surface area contributed by atoms with Gasteiger partial charge in [-0.1, -0.05) is 36.4 Å². The van der Waals surface area contributed by atoms with Crippen LogP contribution >= 0.6 is 0 Å². The van der Waals surface area contributed by atoms with Crippen molar-refractivity contribution in [1.29, 1.82) is 0 Å². The van der Waals surface area contributed by atoms with Crippen LogP contribution in [0.1, 0.15) is 30.9 Å². The Morgan fingerprint density at radius 1 is 1.12 bits per heavy atom. The van der Waals surface area contributed by atoms with Gasteiger partial charge in [-0.3, -0.25) is 5.10 Å². The molecule has 4 aromatic rings. The maximum atomic E-state index is 4.53. The molecule has 2 aromatic carbocycles. The Morgan fingerprint density at radius 2 is 1.94 bits per heavy atom. The van der Waals surface area contributed by atoms with E-state index in [2.05, 4.69) is 86.9 Å². The Kier molecular flexibility index (Phi) is 5.60. The molecule has 0 saturated carbocycles. The quantitative estimate of drug-likeness (QED) is 0.304. The minimum absolute atomic E-state index is 0.459. The third kappa shape index (κ3) is 4.09. The lowest BCUT2D eigenvalue weighted by molar-refractivity contribution is 0.478. The smallest absolute Gasteiger partial charge is 0.155 e. The first-order valence-electron chi connectivity index (χ1n) is 11.1. The maximum Gasteiger partial charge on any atom is 0.155 e. The van der Waals surface area contributed by atoms with Crippen molar-refractivity contribution in [2.24, 2.45) is 4.99 Å². The van der Waals surface area contributed by atoms with Crippen LogP contribution < -0.4 is 10.6 Å². The highest BCUT2D eigenvalue weighted by molar-refractivity contribution is 5.94. The van der Waals surface area contributed by atoms with E-state index in [0.29, 0.717) is 6.04 Å².